The molecule has 2 unspecified atom stereocenters. The van der Waals surface area contributed by atoms with Gasteiger partial charge in [0.05, 0.1) is 25.9 Å². The molecule has 0 saturated carbocycles. The van der Waals surface area contributed by atoms with Crippen molar-refractivity contribution in [3.63, 3.8) is 0 Å². The topological polar surface area (TPSA) is 216 Å². The molecule has 0 radical (unpaired) electrons. The van der Waals surface area contributed by atoms with E-state index >= 15 is 0 Å². The summed E-state index contributed by atoms with van der Waals surface area (Å²) in [5.41, 5.74) is 0. The van der Waals surface area contributed by atoms with E-state index in [0.717, 1.165) is 51.4 Å². The van der Waals surface area contributed by atoms with Crippen molar-refractivity contribution in [3.05, 3.63) is 48.6 Å². The Labute approximate surface area is 348 Å². The molecule has 0 saturated heterocycles. The molecular weight excluding hydrogens is 790 g/mol. The first-order valence-corrected chi connectivity index (χ1v) is 24.4. The normalized spacial score (nSPS) is 15.1. The van der Waals surface area contributed by atoms with Crippen LogP contribution in [0.3, 0.4) is 0 Å². The van der Waals surface area contributed by atoms with Crippen LogP contribution < -0.4 is 0 Å². The minimum Gasteiger partial charge on any atom is -0.462 e. The Balaban J connectivity index is 4.64. The van der Waals surface area contributed by atoms with Crippen molar-refractivity contribution in [2.24, 2.45) is 0 Å². The monoisotopic (exact) mass is 866 g/mol. The molecular formula is C42H76O14P2. The number of esters is 2. The fourth-order valence-electron chi connectivity index (χ4n) is 5.53. The van der Waals surface area contributed by atoms with Gasteiger partial charge in [0.1, 0.15) is 12.7 Å². The number of hydrogen-bond acceptors (Lipinski definition) is 11. The number of carbonyl (C=O) groups is 2. The Bertz CT molecular complexity index is 1230. The number of carbonyl (C=O) groups excluding carboxylic acids is 2. The van der Waals surface area contributed by atoms with E-state index < -0.39 is 66.2 Å². The number of phosphoric acid groups is 2. The number of unbranched alkanes of at least 4 members (excludes halogenated alkanes) is 13. The van der Waals surface area contributed by atoms with Gasteiger partial charge in [-0.15, -0.1) is 0 Å². The quantitative estimate of drug-likeness (QED) is 0.0168. The van der Waals surface area contributed by atoms with Crippen LogP contribution in [-0.2, 0) is 41.8 Å². The number of aliphatic hydroxyl groups is 2. The maximum atomic E-state index is 12.6. The maximum Gasteiger partial charge on any atom is 0.472 e. The number of rotatable bonds is 40. The van der Waals surface area contributed by atoms with Crippen LogP contribution >= 0.6 is 15.6 Å². The summed E-state index contributed by atoms with van der Waals surface area (Å²) in [5.74, 6) is -1.12. The average molecular weight is 867 g/mol. The number of aliphatic hydroxyl groups excluding tert-OH is 2. The van der Waals surface area contributed by atoms with Gasteiger partial charge in [-0.25, -0.2) is 9.13 Å². The summed E-state index contributed by atoms with van der Waals surface area (Å²) in [5, 5.41) is 19.5. The second kappa shape index (κ2) is 38.0. The lowest BCUT2D eigenvalue weighted by Gasteiger charge is -2.20. The first-order valence-electron chi connectivity index (χ1n) is 21.4. The summed E-state index contributed by atoms with van der Waals surface area (Å²) < 4.78 is 47.6. The van der Waals surface area contributed by atoms with Crippen molar-refractivity contribution in [1.82, 2.24) is 0 Å². The van der Waals surface area contributed by atoms with Crippen molar-refractivity contribution in [3.8, 4) is 0 Å². The fraction of sp³-hybridized carbons (Fsp3) is 0.762. The van der Waals surface area contributed by atoms with E-state index in [1.54, 1.807) is 0 Å². The molecule has 338 valence electrons. The second-order valence-electron chi connectivity index (χ2n) is 14.5. The van der Waals surface area contributed by atoms with E-state index in [-0.39, 0.29) is 18.9 Å². The molecule has 0 aromatic rings. The van der Waals surface area contributed by atoms with Gasteiger partial charge in [0, 0.05) is 12.8 Å². The molecule has 0 fully saturated rings. The molecule has 58 heavy (non-hydrogen) atoms. The van der Waals surface area contributed by atoms with Crippen LogP contribution in [0.2, 0.25) is 0 Å². The van der Waals surface area contributed by atoms with Gasteiger partial charge in [-0.05, 0) is 51.4 Å². The van der Waals surface area contributed by atoms with Gasteiger partial charge in [0.15, 0.2) is 6.10 Å². The zero-order valence-electron chi connectivity index (χ0n) is 35.2. The van der Waals surface area contributed by atoms with Crippen molar-refractivity contribution < 1.29 is 66.7 Å². The van der Waals surface area contributed by atoms with Crippen molar-refractivity contribution in [1.29, 1.82) is 0 Å². The molecule has 4 atom stereocenters. The van der Waals surface area contributed by atoms with Gasteiger partial charge in [-0.1, -0.05) is 146 Å². The zero-order valence-corrected chi connectivity index (χ0v) is 37.0. The Morgan fingerprint density at radius 2 is 1.02 bits per heavy atom. The molecule has 0 aromatic carbocycles. The van der Waals surface area contributed by atoms with Gasteiger partial charge in [0.25, 0.3) is 0 Å². The predicted molar refractivity (Wildman–Crippen MR) is 227 cm³/mol. The Morgan fingerprint density at radius 3 is 1.57 bits per heavy atom. The molecule has 0 rings (SSSR count). The largest absolute Gasteiger partial charge is 0.472 e. The molecule has 0 spiro atoms. The Kier molecular flexibility index (Phi) is 36.7. The summed E-state index contributed by atoms with van der Waals surface area (Å²) >= 11 is 0. The van der Waals surface area contributed by atoms with Gasteiger partial charge in [-0.3, -0.25) is 23.2 Å². The van der Waals surface area contributed by atoms with Gasteiger partial charge in [-0.2, -0.15) is 0 Å². The van der Waals surface area contributed by atoms with Crippen molar-refractivity contribution in [2.45, 2.75) is 180 Å². The highest BCUT2D eigenvalue weighted by molar-refractivity contribution is 7.47. The molecule has 0 aromatic heterocycles. The summed E-state index contributed by atoms with van der Waals surface area (Å²) in [6.45, 7) is 1.48. The van der Waals surface area contributed by atoms with Crippen LogP contribution in [0.25, 0.3) is 0 Å². The number of allylic oxidation sites excluding steroid dienone is 7. The second-order valence-corrected chi connectivity index (χ2v) is 17.1. The van der Waals surface area contributed by atoms with Crippen LogP contribution in [0, 0.1) is 0 Å². The lowest BCUT2D eigenvalue weighted by molar-refractivity contribution is -0.161. The summed E-state index contributed by atoms with van der Waals surface area (Å²) in [4.78, 5) is 52.6. The number of phosphoric ester groups is 2. The van der Waals surface area contributed by atoms with E-state index in [4.69, 9.17) is 23.8 Å². The third kappa shape index (κ3) is 40.8. The molecule has 0 aliphatic rings. The lowest BCUT2D eigenvalue weighted by Crippen LogP contribution is -2.29. The highest BCUT2D eigenvalue weighted by atomic mass is 31.2. The van der Waals surface area contributed by atoms with Gasteiger partial charge >= 0.3 is 27.6 Å². The SMILES string of the molecule is CCCCCCCCCCCCCCCC(=O)OC[C@H](COP(=O)(O)OC[C@@H](O)COP(=O)(O)O)OC(=O)CCC/C=C\C/C=C\C/C=C\C/C=C\CC(O)CCC. The molecule has 0 aliphatic heterocycles. The van der Waals surface area contributed by atoms with Crippen molar-refractivity contribution in [2.75, 3.05) is 26.4 Å². The summed E-state index contributed by atoms with van der Waals surface area (Å²) in [6.07, 6.45) is 34.6. The molecule has 0 bridgehead atoms. The highest BCUT2D eigenvalue weighted by Gasteiger charge is 2.28. The van der Waals surface area contributed by atoms with E-state index in [1.165, 1.54) is 57.8 Å². The Hall–Kier alpha value is -1.96. The number of hydrogen-bond donors (Lipinski definition) is 5. The molecule has 14 nitrogen and oxygen atoms in total. The lowest BCUT2D eigenvalue weighted by atomic mass is 10.0. The van der Waals surface area contributed by atoms with Crippen LogP contribution in [0.4, 0.5) is 0 Å². The Morgan fingerprint density at radius 1 is 0.534 bits per heavy atom. The molecule has 16 heteroatoms. The maximum absolute atomic E-state index is 12.6. The molecule has 5 N–H and O–H groups in total. The molecule has 0 amide bonds. The molecule has 0 aliphatic carbocycles. The first kappa shape index (κ1) is 56.0. The van der Waals surface area contributed by atoms with Crippen LogP contribution in [-0.4, -0.2) is 81.6 Å². The van der Waals surface area contributed by atoms with Gasteiger partial charge in [0.2, 0.25) is 0 Å². The smallest absolute Gasteiger partial charge is 0.462 e. The molecule has 0 heterocycles. The summed E-state index contributed by atoms with van der Waals surface area (Å²) in [7, 11) is -9.70. The van der Waals surface area contributed by atoms with E-state index in [2.05, 4.69) is 53.3 Å². The number of ether oxygens (including phenoxy) is 2. The third-order valence-corrected chi connectivity index (χ3v) is 10.2. The third-order valence-electron chi connectivity index (χ3n) is 8.77. The van der Waals surface area contributed by atoms with Crippen LogP contribution in [0.15, 0.2) is 48.6 Å². The first-order chi connectivity index (χ1) is 27.8. The van der Waals surface area contributed by atoms with E-state index in [9.17, 15) is 33.8 Å². The van der Waals surface area contributed by atoms with Gasteiger partial charge < -0.3 is 34.4 Å². The highest BCUT2D eigenvalue weighted by Crippen LogP contribution is 2.43. The fourth-order valence-corrected chi connectivity index (χ4v) is 6.69. The standard InChI is InChI=1S/C42H76O14P2/c1-3-5-6-7-8-9-10-12-16-19-22-25-28-32-41(45)52-36-40(37-55-58(50,51)54-35-39(44)34-53-57(47,48)49)56-42(46)33-29-26-23-20-17-14-11-13-15-18-21-24-27-31-38(43)30-4-2/h11,14-15,18,20,23-24,27,38-40,43-44H,3-10,12-13,16-17,19,21-22,25-26,28-37H2,1-2H3,(H,50,51)(H2,47,48,49)/b14-11-,18-15-,23-20-,27-24-/t38?,39-,40+/m0/s1. The van der Waals surface area contributed by atoms with Crippen molar-refractivity contribution >= 4 is 27.6 Å². The zero-order chi connectivity index (χ0) is 43.2. The minimum atomic E-state index is -4.87. The predicted octanol–water partition coefficient (Wildman–Crippen LogP) is 9.64. The van der Waals surface area contributed by atoms with E-state index in [0.29, 0.717) is 25.7 Å². The summed E-state index contributed by atoms with van der Waals surface area (Å²) in [6, 6.07) is 0. The minimum absolute atomic E-state index is 0.0411. The van der Waals surface area contributed by atoms with E-state index in [1.807, 2.05) is 18.2 Å². The average Bonchev–Trinajstić information content (AvgIpc) is 3.17. The van der Waals surface area contributed by atoms with Crippen LogP contribution in [0.5, 0.6) is 0 Å². The van der Waals surface area contributed by atoms with Crippen LogP contribution in [0.1, 0.15) is 162 Å².